The average molecular weight is 327 g/mol. The van der Waals surface area contributed by atoms with E-state index in [1.54, 1.807) is 20.3 Å². The third-order valence-corrected chi connectivity index (χ3v) is 4.03. The van der Waals surface area contributed by atoms with Crippen molar-refractivity contribution in [3.63, 3.8) is 0 Å². The molecule has 0 radical (unpaired) electrons. The number of ether oxygens (including phenoxy) is 2. The zero-order valence-electron chi connectivity index (χ0n) is 14.3. The molecule has 24 heavy (non-hydrogen) atoms. The summed E-state index contributed by atoms with van der Waals surface area (Å²) in [5.41, 5.74) is 4.04. The van der Waals surface area contributed by atoms with Gasteiger partial charge in [0.2, 0.25) is 0 Å². The Balaban J connectivity index is 2.25. The van der Waals surface area contributed by atoms with Crippen LogP contribution in [0.4, 0.5) is 0 Å². The molecule has 3 aromatic rings. The minimum atomic E-state index is -0.0988. The first-order chi connectivity index (χ1) is 11.6. The van der Waals surface area contributed by atoms with Gasteiger partial charge in [0, 0.05) is 23.0 Å². The fourth-order valence-electron chi connectivity index (χ4n) is 2.92. The predicted octanol–water partition coefficient (Wildman–Crippen LogP) is 2.97. The van der Waals surface area contributed by atoms with E-state index in [0.717, 1.165) is 35.4 Å². The van der Waals surface area contributed by atoms with E-state index in [0.29, 0.717) is 17.1 Å². The predicted molar refractivity (Wildman–Crippen MR) is 93.1 cm³/mol. The van der Waals surface area contributed by atoms with Crippen molar-refractivity contribution < 1.29 is 9.47 Å². The van der Waals surface area contributed by atoms with E-state index >= 15 is 0 Å². The molecular weight excluding hydrogens is 306 g/mol. The van der Waals surface area contributed by atoms with Gasteiger partial charge >= 0.3 is 0 Å². The van der Waals surface area contributed by atoms with Gasteiger partial charge in [-0.25, -0.2) is 9.50 Å². The van der Waals surface area contributed by atoms with Crippen molar-refractivity contribution in [2.45, 2.75) is 26.7 Å². The van der Waals surface area contributed by atoms with Crippen LogP contribution in [0.15, 0.2) is 29.1 Å². The summed E-state index contributed by atoms with van der Waals surface area (Å²) in [5, 5.41) is 3.10. The molecule has 2 aromatic heterocycles. The van der Waals surface area contributed by atoms with Crippen LogP contribution in [0.25, 0.3) is 16.8 Å². The number of nitrogens with zero attached hydrogens (tertiary/aromatic N) is 2. The Morgan fingerprint density at radius 3 is 2.58 bits per heavy atom. The van der Waals surface area contributed by atoms with Crippen LogP contribution in [0.3, 0.4) is 0 Å². The largest absolute Gasteiger partial charge is 0.493 e. The molecule has 1 aromatic carbocycles. The quantitative estimate of drug-likeness (QED) is 0.782. The number of H-pyrrole nitrogens is 1. The van der Waals surface area contributed by atoms with E-state index in [2.05, 4.69) is 17.0 Å². The second-order valence-corrected chi connectivity index (χ2v) is 5.68. The second-order valence-electron chi connectivity index (χ2n) is 5.68. The van der Waals surface area contributed by atoms with Crippen LogP contribution in [0.1, 0.15) is 24.7 Å². The molecule has 0 aliphatic carbocycles. The monoisotopic (exact) mass is 327 g/mol. The molecule has 6 nitrogen and oxygen atoms in total. The zero-order valence-corrected chi connectivity index (χ0v) is 14.3. The molecule has 0 fully saturated rings. The number of fused-ring (bicyclic) bond motifs is 1. The number of methoxy groups -OCH3 is 2. The highest BCUT2D eigenvalue weighted by atomic mass is 16.5. The maximum atomic E-state index is 12.3. The Morgan fingerprint density at radius 2 is 1.92 bits per heavy atom. The highest BCUT2D eigenvalue weighted by Crippen LogP contribution is 2.34. The summed E-state index contributed by atoms with van der Waals surface area (Å²) in [6.07, 6.45) is 1.72. The van der Waals surface area contributed by atoms with Gasteiger partial charge in [0.1, 0.15) is 0 Å². The Morgan fingerprint density at radius 1 is 1.17 bits per heavy atom. The Kier molecular flexibility index (Phi) is 4.29. The molecule has 0 bridgehead atoms. The molecule has 0 amide bonds. The summed E-state index contributed by atoms with van der Waals surface area (Å²) in [5.74, 6) is 1.30. The fourth-order valence-corrected chi connectivity index (χ4v) is 2.92. The highest BCUT2D eigenvalue weighted by molar-refractivity contribution is 5.81. The summed E-state index contributed by atoms with van der Waals surface area (Å²) in [6, 6.07) is 7.28. The lowest BCUT2D eigenvalue weighted by Gasteiger charge is -2.09. The number of hydrogen-bond donors (Lipinski definition) is 1. The summed E-state index contributed by atoms with van der Waals surface area (Å²) < 4.78 is 12.2. The molecular formula is C18H21N3O3. The van der Waals surface area contributed by atoms with E-state index in [1.807, 2.05) is 25.1 Å². The standard InChI is InChI=1S/C18H21N3O3/c1-5-6-13-10-16(22)21-18(19-13)17(11(2)20-21)12-7-8-14(23-3)15(9-12)24-4/h7-10,20H,5-6H2,1-4H3. The molecule has 0 spiro atoms. The maximum absolute atomic E-state index is 12.3. The summed E-state index contributed by atoms with van der Waals surface area (Å²) in [4.78, 5) is 17.0. The van der Waals surface area contributed by atoms with Gasteiger partial charge < -0.3 is 9.47 Å². The summed E-state index contributed by atoms with van der Waals surface area (Å²) >= 11 is 0. The van der Waals surface area contributed by atoms with Gasteiger partial charge in [0.15, 0.2) is 17.1 Å². The third-order valence-electron chi connectivity index (χ3n) is 4.03. The second kappa shape index (κ2) is 6.39. The molecule has 1 N–H and O–H groups in total. The zero-order chi connectivity index (χ0) is 17.3. The van der Waals surface area contributed by atoms with Crippen molar-refractivity contribution in [3.05, 3.63) is 46.0 Å². The summed E-state index contributed by atoms with van der Waals surface area (Å²) in [6.45, 7) is 4.00. The van der Waals surface area contributed by atoms with Crippen molar-refractivity contribution in [2.75, 3.05) is 14.2 Å². The lowest BCUT2D eigenvalue weighted by Crippen LogP contribution is -2.15. The molecule has 3 rings (SSSR count). The van der Waals surface area contributed by atoms with E-state index in [1.165, 1.54) is 4.52 Å². The van der Waals surface area contributed by atoms with Crippen LogP contribution in [-0.4, -0.2) is 28.8 Å². The van der Waals surface area contributed by atoms with Gasteiger partial charge in [0.25, 0.3) is 5.56 Å². The number of benzene rings is 1. The van der Waals surface area contributed by atoms with Gasteiger partial charge in [-0.15, -0.1) is 0 Å². The summed E-state index contributed by atoms with van der Waals surface area (Å²) in [7, 11) is 3.21. The van der Waals surface area contributed by atoms with E-state index in [9.17, 15) is 4.79 Å². The number of aromatic nitrogens is 3. The first kappa shape index (κ1) is 16.1. The van der Waals surface area contributed by atoms with Gasteiger partial charge in [0.05, 0.1) is 14.2 Å². The lowest BCUT2D eigenvalue weighted by atomic mass is 10.1. The smallest absolute Gasteiger partial charge is 0.272 e. The molecule has 0 saturated heterocycles. The number of rotatable bonds is 5. The molecule has 0 aliphatic heterocycles. The van der Waals surface area contributed by atoms with Crippen molar-refractivity contribution in [1.29, 1.82) is 0 Å². The molecule has 0 atom stereocenters. The van der Waals surface area contributed by atoms with Crippen molar-refractivity contribution in [3.8, 4) is 22.6 Å². The normalized spacial score (nSPS) is 11.0. The first-order valence-electron chi connectivity index (χ1n) is 7.92. The molecule has 2 heterocycles. The van der Waals surface area contributed by atoms with Gasteiger partial charge in [-0.3, -0.25) is 9.89 Å². The number of aryl methyl sites for hydroxylation is 2. The highest BCUT2D eigenvalue weighted by Gasteiger charge is 2.16. The van der Waals surface area contributed by atoms with Crippen LogP contribution in [0.5, 0.6) is 11.5 Å². The molecule has 6 heteroatoms. The minimum absolute atomic E-state index is 0.0988. The van der Waals surface area contributed by atoms with Crippen LogP contribution in [0, 0.1) is 6.92 Å². The van der Waals surface area contributed by atoms with E-state index < -0.39 is 0 Å². The Labute approximate surface area is 140 Å². The number of aromatic amines is 1. The molecule has 0 aliphatic rings. The van der Waals surface area contributed by atoms with E-state index in [-0.39, 0.29) is 5.56 Å². The van der Waals surface area contributed by atoms with Crippen LogP contribution in [-0.2, 0) is 6.42 Å². The molecule has 0 saturated carbocycles. The third kappa shape index (κ3) is 2.64. The van der Waals surface area contributed by atoms with Crippen LogP contribution >= 0.6 is 0 Å². The van der Waals surface area contributed by atoms with Crippen molar-refractivity contribution >= 4 is 5.65 Å². The van der Waals surface area contributed by atoms with Crippen LogP contribution < -0.4 is 15.0 Å². The SMILES string of the molecule is CCCc1cc(=O)n2[nH]c(C)c(-c3ccc(OC)c(OC)c3)c2n1. The van der Waals surface area contributed by atoms with Crippen molar-refractivity contribution in [2.24, 2.45) is 0 Å². The van der Waals surface area contributed by atoms with Gasteiger partial charge in [-0.05, 0) is 31.0 Å². The Hall–Kier alpha value is -2.76. The number of hydrogen-bond acceptors (Lipinski definition) is 4. The van der Waals surface area contributed by atoms with E-state index in [4.69, 9.17) is 9.47 Å². The van der Waals surface area contributed by atoms with Crippen molar-refractivity contribution in [1.82, 2.24) is 14.6 Å². The topological polar surface area (TPSA) is 68.6 Å². The fraction of sp³-hybridized carbons (Fsp3) is 0.333. The first-order valence-corrected chi connectivity index (χ1v) is 7.92. The van der Waals surface area contributed by atoms with Crippen LogP contribution in [0.2, 0.25) is 0 Å². The van der Waals surface area contributed by atoms with Gasteiger partial charge in [-0.1, -0.05) is 19.4 Å². The molecule has 126 valence electrons. The maximum Gasteiger partial charge on any atom is 0.272 e. The average Bonchev–Trinajstić information content (AvgIpc) is 2.91. The molecule has 0 unspecified atom stereocenters. The number of nitrogens with one attached hydrogen (secondary N) is 1. The van der Waals surface area contributed by atoms with Gasteiger partial charge in [-0.2, -0.15) is 0 Å². The lowest BCUT2D eigenvalue weighted by molar-refractivity contribution is 0.355. The minimum Gasteiger partial charge on any atom is -0.493 e. The Bertz CT molecular complexity index is 941.